The predicted octanol–water partition coefficient (Wildman–Crippen LogP) is 4.05. The van der Waals surface area contributed by atoms with Crippen LogP contribution in [-0.2, 0) is 11.3 Å². The van der Waals surface area contributed by atoms with Crippen molar-refractivity contribution in [3.8, 4) is 0 Å². The lowest BCUT2D eigenvalue weighted by atomic mass is 10.1. The van der Waals surface area contributed by atoms with Crippen LogP contribution in [0.5, 0.6) is 0 Å². The number of nitrogens with one attached hydrogen (secondary N) is 1. The molecule has 1 aromatic heterocycles. The van der Waals surface area contributed by atoms with Crippen molar-refractivity contribution in [2.75, 3.05) is 13.6 Å². The molecule has 130 valence electrons. The van der Waals surface area contributed by atoms with Crippen molar-refractivity contribution in [3.63, 3.8) is 0 Å². The van der Waals surface area contributed by atoms with Crippen LogP contribution in [0.2, 0.25) is 0 Å². The first-order valence-electron chi connectivity index (χ1n) is 8.55. The Bertz CT molecular complexity index is 836. The van der Waals surface area contributed by atoms with Crippen LogP contribution in [0.15, 0.2) is 59.0 Å². The number of hydrogen-bond acceptors (Lipinski definition) is 3. The Morgan fingerprint density at radius 3 is 2.64 bits per heavy atom. The molecule has 2 aromatic carbocycles. The molecule has 4 nitrogen and oxygen atoms in total. The van der Waals surface area contributed by atoms with Gasteiger partial charge in [-0.15, -0.1) is 0 Å². The van der Waals surface area contributed by atoms with E-state index < -0.39 is 0 Å². The Hall–Kier alpha value is -2.59. The zero-order chi connectivity index (χ0) is 17.8. The number of aryl methyl sites for hydroxylation is 1. The van der Waals surface area contributed by atoms with Gasteiger partial charge in [0, 0.05) is 19.0 Å². The topological polar surface area (TPSA) is 45.5 Å². The third kappa shape index (κ3) is 4.09. The quantitative estimate of drug-likeness (QED) is 0.738. The summed E-state index contributed by atoms with van der Waals surface area (Å²) in [5.74, 6) is 0.904. The highest BCUT2D eigenvalue weighted by atomic mass is 16.3. The molecule has 0 spiro atoms. The number of rotatable bonds is 6. The Balaban J connectivity index is 1.56. The summed E-state index contributed by atoms with van der Waals surface area (Å²) >= 11 is 0. The number of carbonyl (C=O) groups is 1. The number of fused-ring (bicyclic) bond motifs is 1. The second-order valence-corrected chi connectivity index (χ2v) is 6.47. The molecule has 1 N–H and O–H groups in total. The van der Waals surface area contributed by atoms with Crippen LogP contribution in [0.25, 0.3) is 11.0 Å². The smallest absolute Gasteiger partial charge is 0.236 e. The lowest BCUT2D eigenvalue weighted by Crippen LogP contribution is -2.36. The minimum absolute atomic E-state index is 0.0248. The maximum Gasteiger partial charge on any atom is 0.236 e. The molecule has 0 bridgehead atoms. The minimum atomic E-state index is -0.0248. The fourth-order valence-corrected chi connectivity index (χ4v) is 2.82. The number of benzene rings is 2. The Morgan fingerprint density at radius 1 is 1.16 bits per heavy atom. The number of likely N-dealkylation sites (N-methyl/N-ethyl adjacent to an activating group) is 1. The molecule has 0 fully saturated rings. The van der Waals surface area contributed by atoms with Gasteiger partial charge in [0.25, 0.3) is 0 Å². The zero-order valence-electron chi connectivity index (χ0n) is 15.0. The summed E-state index contributed by atoms with van der Waals surface area (Å²) in [4.78, 5) is 14.2. The second-order valence-electron chi connectivity index (χ2n) is 6.47. The molecule has 0 saturated carbocycles. The lowest BCUT2D eigenvalue weighted by molar-refractivity contribution is -0.129. The second kappa shape index (κ2) is 7.53. The van der Waals surface area contributed by atoms with Crippen molar-refractivity contribution in [1.29, 1.82) is 0 Å². The SMILES string of the molecule is Cc1ccccc1CN(C)C(=O)CNC(C)c1cc2ccccc2o1. The molecule has 0 saturated heterocycles. The minimum Gasteiger partial charge on any atom is -0.459 e. The molecule has 1 amide bonds. The molecule has 0 aliphatic heterocycles. The third-order valence-electron chi connectivity index (χ3n) is 4.53. The maximum atomic E-state index is 12.4. The molecule has 0 aliphatic rings. The van der Waals surface area contributed by atoms with Gasteiger partial charge in [-0.3, -0.25) is 10.1 Å². The average molecular weight is 336 g/mol. The van der Waals surface area contributed by atoms with E-state index in [4.69, 9.17) is 4.42 Å². The highest BCUT2D eigenvalue weighted by Gasteiger charge is 2.15. The van der Waals surface area contributed by atoms with E-state index in [0.717, 1.165) is 16.7 Å². The lowest BCUT2D eigenvalue weighted by Gasteiger charge is -2.20. The van der Waals surface area contributed by atoms with Crippen LogP contribution in [-0.4, -0.2) is 24.4 Å². The molecule has 3 rings (SSSR count). The summed E-state index contributed by atoms with van der Waals surface area (Å²) in [7, 11) is 1.84. The van der Waals surface area contributed by atoms with Crippen LogP contribution in [0.1, 0.15) is 29.9 Å². The highest BCUT2D eigenvalue weighted by Crippen LogP contribution is 2.23. The summed E-state index contributed by atoms with van der Waals surface area (Å²) in [6, 6.07) is 18.1. The van der Waals surface area contributed by atoms with Crippen LogP contribution in [0.4, 0.5) is 0 Å². The van der Waals surface area contributed by atoms with E-state index in [1.165, 1.54) is 11.1 Å². The van der Waals surface area contributed by atoms with E-state index in [9.17, 15) is 4.79 Å². The zero-order valence-corrected chi connectivity index (χ0v) is 15.0. The molecule has 1 unspecified atom stereocenters. The van der Waals surface area contributed by atoms with E-state index in [1.807, 2.05) is 56.4 Å². The summed E-state index contributed by atoms with van der Waals surface area (Å²) < 4.78 is 5.85. The first-order valence-corrected chi connectivity index (χ1v) is 8.55. The van der Waals surface area contributed by atoms with E-state index >= 15 is 0 Å². The molecular formula is C21H24N2O2. The van der Waals surface area contributed by atoms with Gasteiger partial charge < -0.3 is 9.32 Å². The largest absolute Gasteiger partial charge is 0.459 e. The summed E-state index contributed by atoms with van der Waals surface area (Å²) in [6.45, 7) is 4.97. The number of amides is 1. The number of nitrogens with zero attached hydrogens (tertiary/aromatic N) is 1. The van der Waals surface area contributed by atoms with Crippen LogP contribution in [0.3, 0.4) is 0 Å². The predicted molar refractivity (Wildman–Crippen MR) is 100 cm³/mol. The number of para-hydroxylation sites is 1. The van der Waals surface area contributed by atoms with E-state index in [1.54, 1.807) is 4.90 Å². The van der Waals surface area contributed by atoms with Crippen molar-refractivity contribution in [1.82, 2.24) is 10.2 Å². The molecular weight excluding hydrogens is 312 g/mol. The third-order valence-corrected chi connectivity index (χ3v) is 4.53. The number of furan rings is 1. The fraction of sp³-hybridized carbons (Fsp3) is 0.286. The van der Waals surface area contributed by atoms with Gasteiger partial charge in [0.05, 0.1) is 12.6 Å². The summed E-state index contributed by atoms with van der Waals surface area (Å²) in [5.41, 5.74) is 3.24. The molecule has 1 heterocycles. The monoisotopic (exact) mass is 336 g/mol. The van der Waals surface area contributed by atoms with Crippen molar-refractivity contribution in [3.05, 3.63) is 71.5 Å². The Kier molecular flexibility index (Phi) is 5.19. The van der Waals surface area contributed by atoms with Crippen molar-refractivity contribution < 1.29 is 9.21 Å². The molecule has 4 heteroatoms. The van der Waals surface area contributed by atoms with Gasteiger partial charge in [-0.25, -0.2) is 0 Å². The Labute approximate surface area is 148 Å². The van der Waals surface area contributed by atoms with Gasteiger partial charge in [0.2, 0.25) is 5.91 Å². The van der Waals surface area contributed by atoms with Gasteiger partial charge >= 0.3 is 0 Å². The normalized spacial score (nSPS) is 12.3. The first-order chi connectivity index (χ1) is 12.0. The molecule has 0 radical (unpaired) electrons. The number of hydrogen-bond donors (Lipinski definition) is 1. The molecule has 1 atom stereocenters. The maximum absolute atomic E-state index is 12.4. The van der Waals surface area contributed by atoms with E-state index in [-0.39, 0.29) is 18.5 Å². The molecule has 0 aliphatic carbocycles. The van der Waals surface area contributed by atoms with Gasteiger partial charge in [0.1, 0.15) is 11.3 Å². The average Bonchev–Trinajstić information content (AvgIpc) is 3.05. The fourth-order valence-electron chi connectivity index (χ4n) is 2.82. The first kappa shape index (κ1) is 17.2. The van der Waals surface area contributed by atoms with Crippen LogP contribution >= 0.6 is 0 Å². The Morgan fingerprint density at radius 2 is 1.88 bits per heavy atom. The van der Waals surface area contributed by atoms with Gasteiger partial charge in [-0.05, 0) is 37.1 Å². The van der Waals surface area contributed by atoms with E-state index in [2.05, 4.69) is 24.4 Å². The van der Waals surface area contributed by atoms with Gasteiger partial charge in [0.15, 0.2) is 0 Å². The highest BCUT2D eigenvalue weighted by molar-refractivity contribution is 5.79. The standard InChI is InChI=1S/C21H24N2O2/c1-15-8-4-5-10-18(15)14-23(3)21(24)13-22-16(2)20-12-17-9-6-7-11-19(17)25-20/h4-12,16,22H,13-14H2,1-3H3. The summed E-state index contributed by atoms with van der Waals surface area (Å²) in [6.07, 6.45) is 0. The summed E-state index contributed by atoms with van der Waals surface area (Å²) in [5, 5.41) is 4.33. The molecule has 3 aromatic rings. The van der Waals surface area contributed by atoms with E-state index in [0.29, 0.717) is 6.54 Å². The van der Waals surface area contributed by atoms with Gasteiger partial charge in [-0.1, -0.05) is 42.5 Å². The van der Waals surface area contributed by atoms with Crippen molar-refractivity contribution in [2.24, 2.45) is 0 Å². The van der Waals surface area contributed by atoms with Crippen molar-refractivity contribution in [2.45, 2.75) is 26.4 Å². The molecule has 25 heavy (non-hydrogen) atoms. The van der Waals surface area contributed by atoms with Crippen LogP contribution in [0, 0.1) is 6.92 Å². The van der Waals surface area contributed by atoms with Crippen LogP contribution < -0.4 is 5.32 Å². The van der Waals surface area contributed by atoms with Gasteiger partial charge in [-0.2, -0.15) is 0 Å². The number of carbonyl (C=O) groups excluding carboxylic acids is 1. The van der Waals surface area contributed by atoms with Crippen molar-refractivity contribution >= 4 is 16.9 Å².